The van der Waals surface area contributed by atoms with Crippen LogP contribution < -0.4 is 0 Å². The van der Waals surface area contributed by atoms with E-state index < -0.39 is 5.97 Å². The quantitative estimate of drug-likeness (QED) is 0.790. The van der Waals surface area contributed by atoms with E-state index in [9.17, 15) is 4.79 Å². The summed E-state index contributed by atoms with van der Waals surface area (Å²) in [6.45, 7) is 4.29. The van der Waals surface area contributed by atoms with Crippen LogP contribution in [-0.2, 0) is 13.5 Å². The summed E-state index contributed by atoms with van der Waals surface area (Å²) in [6.07, 6.45) is 0.809. The molecule has 3 aromatic rings. The predicted molar refractivity (Wildman–Crippen MR) is 88.6 cm³/mol. The second-order valence-electron chi connectivity index (χ2n) is 5.80. The topological polar surface area (TPSA) is 42.2 Å². The van der Waals surface area contributed by atoms with Crippen LogP contribution in [0.3, 0.4) is 0 Å². The number of carbonyl (C=O) groups is 1. The van der Waals surface area contributed by atoms with Crippen molar-refractivity contribution < 1.29 is 9.90 Å². The standard InChI is InChI=1S/C19H19NO2/c1-12-13(2)20(3)18-9-6-15(11-17(12)18)10-14-4-7-16(8-5-14)19(21)22/h4-9,11H,10H2,1-3H3,(H,21,22). The first-order valence-electron chi connectivity index (χ1n) is 7.34. The Morgan fingerprint density at radius 1 is 1.05 bits per heavy atom. The van der Waals surface area contributed by atoms with E-state index in [1.807, 2.05) is 12.1 Å². The molecule has 0 radical (unpaired) electrons. The van der Waals surface area contributed by atoms with Gasteiger partial charge in [0.2, 0.25) is 0 Å². The normalized spacial score (nSPS) is 11.0. The molecule has 1 aromatic heterocycles. The van der Waals surface area contributed by atoms with Gasteiger partial charge in [-0.25, -0.2) is 4.79 Å². The molecule has 3 nitrogen and oxygen atoms in total. The first-order valence-corrected chi connectivity index (χ1v) is 7.34. The summed E-state index contributed by atoms with van der Waals surface area (Å²) < 4.78 is 2.22. The van der Waals surface area contributed by atoms with Crippen molar-refractivity contribution in [3.05, 3.63) is 70.4 Å². The van der Waals surface area contributed by atoms with Crippen LogP contribution in [0.2, 0.25) is 0 Å². The Morgan fingerprint density at radius 2 is 1.68 bits per heavy atom. The van der Waals surface area contributed by atoms with Crippen LogP contribution in [0.5, 0.6) is 0 Å². The molecule has 0 aliphatic heterocycles. The van der Waals surface area contributed by atoms with Crippen molar-refractivity contribution in [2.75, 3.05) is 0 Å². The van der Waals surface area contributed by atoms with Crippen molar-refractivity contribution >= 4 is 16.9 Å². The lowest BCUT2D eigenvalue weighted by atomic mass is 10.0. The van der Waals surface area contributed by atoms with Gasteiger partial charge in [0.25, 0.3) is 0 Å². The first kappa shape index (κ1) is 14.4. The molecule has 0 aliphatic carbocycles. The van der Waals surface area contributed by atoms with E-state index in [-0.39, 0.29) is 0 Å². The third-order valence-electron chi connectivity index (χ3n) is 4.48. The lowest BCUT2D eigenvalue weighted by Crippen LogP contribution is -1.96. The lowest BCUT2D eigenvalue weighted by Gasteiger charge is -2.04. The van der Waals surface area contributed by atoms with Gasteiger partial charge in [-0.1, -0.05) is 18.2 Å². The van der Waals surface area contributed by atoms with Crippen molar-refractivity contribution in [2.45, 2.75) is 20.3 Å². The molecule has 22 heavy (non-hydrogen) atoms. The number of aryl methyl sites for hydroxylation is 2. The molecule has 0 spiro atoms. The number of fused-ring (bicyclic) bond motifs is 1. The summed E-state index contributed by atoms with van der Waals surface area (Å²) in [5.41, 5.74) is 6.55. The molecule has 112 valence electrons. The fraction of sp³-hybridized carbons (Fsp3) is 0.211. The van der Waals surface area contributed by atoms with Gasteiger partial charge in [-0.15, -0.1) is 0 Å². The Bertz CT molecular complexity index is 857. The van der Waals surface area contributed by atoms with Gasteiger partial charge in [-0.3, -0.25) is 0 Å². The number of aromatic carboxylic acids is 1. The number of nitrogens with zero attached hydrogens (tertiary/aromatic N) is 1. The van der Waals surface area contributed by atoms with Crippen LogP contribution in [0.1, 0.15) is 32.7 Å². The van der Waals surface area contributed by atoms with Gasteiger partial charge in [-0.2, -0.15) is 0 Å². The zero-order chi connectivity index (χ0) is 15.9. The molecule has 1 N–H and O–H groups in total. The van der Waals surface area contributed by atoms with Gasteiger partial charge >= 0.3 is 5.97 Å². The second-order valence-corrected chi connectivity index (χ2v) is 5.80. The van der Waals surface area contributed by atoms with E-state index in [1.165, 1.54) is 27.7 Å². The molecule has 0 unspecified atom stereocenters. The molecular formula is C19H19NO2. The minimum atomic E-state index is -0.886. The summed E-state index contributed by atoms with van der Waals surface area (Å²) in [7, 11) is 2.09. The Morgan fingerprint density at radius 3 is 2.32 bits per heavy atom. The lowest BCUT2D eigenvalue weighted by molar-refractivity contribution is 0.0697. The average Bonchev–Trinajstić information content (AvgIpc) is 2.72. The van der Waals surface area contributed by atoms with Crippen LogP contribution in [0.25, 0.3) is 10.9 Å². The van der Waals surface area contributed by atoms with E-state index in [0.717, 1.165) is 12.0 Å². The van der Waals surface area contributed by atoms with E-state index in [0.29, 0.717) is 5.56 Å². The zero-order valence-electron chi connectivity index (χ0n) is 13.1. The summed E-state index contributed by atoms with van der Waals surface area (Å²) in [5.74, 6) is -0.886. The monoisotopic (exact) mass is 293 g/mol. The second kappa shape index (κ2) is 5.34. The van der Waals surface area contributed by atoms with E-state index in [2.05, 4.69) is 43.7 Å². The smallest absolute Gasteiger partial charge is 0.335 e. The van der Waals surface area contributed by atoms with Crippen LogP contribution in [0, 0.1) is 13.8 Å². The van der Waals surface area contributed by atoms with Crippen molar-refractivity contribution in [1.82, 2.24) is 4.57 Å². The van der Waals surface area contributed by atoms with Crippen LogP contribution in [0.4, 0.5) is 0 Å². The average molecular weight is 293 g/mol. The highest BCUT2D eigenvalue weighted by molar-refractivity contribution is 5.87. The van der Waals surface area contributed by atoms with Crippen molar-refractivity contribution in [3.8, 4) is 0 Å². The molecular weight excluding hydrogens is 274 g/mol. The van der Waals surface area contributed by atoms with Crippen LogP contribution in [-0.4, -0.2) is 15.6 Å². The number of carboxylic acid groups (broad SMARTS) is 1. The highest BCUT2D eigenvalue weighted by Crippen LogP contribution is 2.26. The SMILES string of the molecule is Cc1c(C)n(C)c2ccc(Cc3ccc(C(=O)O)cc3)cc12. The number of aromatic nitrogens is 1. The summed E-state index contributed by atoms with van der Waals surface area (Å²) in [6, 6.07) is 13.6. The number of rotatable bonds is 3. The molecule has 0 amide bonds. The number of hydrogen-bond donors (Lipinski definition) is 1. The summed E-state index contributed by atoms with van der Waals surface area (Å²) in [4.78, 5) is 10.9. The molecule has 0 aliphatic rings. The maximum absolute atomic E-state index is 10.9. The van der Waals surface area contributed by atoms with Gasteiger partial charge in [-0.05, 0) is 61.2 Å². The van der Waals surface area contributed by atoms with Crippen molar-refractivity contribution in [2.24, 2.45) is 7.05 Å². The van der Waals surface area contributed by atoms with Gasteiger partial charge in [0.15, 0.2) is 0 Å². The summed E-state index contributed by atoms with van der Waals surface area (Å²) >= 11 is 0. The fourth-order valence-corrected chi connectivity index (χ4v) is 2.91. The minimum Gasteiger partial charge on any atom is -0.478 e. The molecule has 0 bridgehead atoms. The maximum Gasteiger partial charge on any atom is 0.335 e. The van der Waals surface area contributed by atoms with Gasteiger partial charge in [0, 0.05) is 23.6 Å². The number of hydrogen-bond acceptors (Lipinski definition) is 1. The molecule has 3 rings (SSSR count). The summed E-state index contributed by atoms with van der Waals surface area (Å²) in [5, 5.41) is 10.2. The number of carboxylic acids is 1. The predicted octanol–water partition coefficient (Wildman–Crippen LogP) is 4.08. The molecule has 0 saturated carbocycles. The van der Waals surface area contributed by atoms with Crippen molar-refractivity contribution in [1.29, 1.82) is 0 Å². The first-order chi connectivity index (χ1) is 10.5. The van der Waals surface area contributed by atoms with Gasteiger partial charge in [0.05, 0.1) is 5.56 Å². The zero-order valence-corrected chi connectivity index (χ0v) is 13.1. The minimum absolute atomic E-state index is 0.328. The van der Waals surface area contributed by atoms with Crippen molar-refractivity contribution in [3.63, 3.8) is 0 Å². The third kappa shape index (κ3) is 2.39. The van der Waals surface area contributed by atoms with E-state index in [1.54, 1.807) is 12.1 Å². The largest absolute Gasteiger partial charge is 0.478 e. The highest BCUT2D eigenvalue weighted by Gasteiger charge is 2.09. The fourth-order valence-electron chi connectivity index (χ4n) is 2.91. The van der Waals surface area contributed by atoms with E-state index in [4.69, 9.17) is 5.11 Å². The van der Waals surface area contributed by atoms with Crippen LogP contribution in [0.15, 0.2) is 42.5 Å². The maximum atomic E-state index is 10.9. The Labute approximate surface area is 129 Å². The Hall–Kier alpha value is -2.55. The third-order valence-corrected chi connectivity index (χ3v) is 4.48. The highest BCUT2D eigenvalue weighted by atomic mass is 16.4. The molecule has 0 saturated heterocycles. The molecule has 0 fully saturated rings. The van der Waals surface area contributed by atoms with Gasteiger partial charge in [0.1, 0.15) is 0 Å². The molecule has 1 heterocycles. The molecule has 3 heteroatoms. The Balaban J connectivity index is 1.94. The Kier molecular flexibility index (Phi) is 3.49. The molecule has 2 aromatic carbocycles. The van der Waals surface area contributed by atoms with E-state index >= 15 is 0 Å². The number of benzene rings is 2. The molecule has 0 atom stereocenters. The van der Waals surface area contributed by atoms with Crippen LogP contribution >= 0.6 is 0 Å². The van der Waals surface area contributed by atoms with Gasteiger partial charge < -0.3 is 9.67 Å².